The predicted octanol–water partition coefficient (Wildman–Crippen LogP) is 6.43. The molecule has 3 aromatic rings. The molecule has 1 fully saturated rings. The fourth-order valence-electron chi connectivity index (χ4n) is 5.40. The Morgan fingerprint density at radius 2 is 1.72 bits per heavy atom. The largest absolute Gasteiger partial charge is 0.475 e. The molecule has 2 aliphatic rings. The Balaban J connectivity index is 1.44. The van der Waals surface area contributed by atoms with E-state index in [2.05, 4.69) is 5.32 Å². The number of para-hydroxylation sites is 1. The number of Topliss-reactive ketones (excluding diaryl/α,β-unsaturated/α-hetero) is 1. The summed E-state index contributed by atoms with van der Waals surface area (Å²) in [4.78, 5) is 53.2. The van der Waals surface area contributed by atoms with Gasteiger partial charge in [-0.1, -0.05) is 70.4 Å². The van der Waals surface area contributed by atoms with Crippen LogP contribution in [0.3, 0.4) is 0 Å². The maximum absolute atomic E-state index is 14.0. The van der Waals surface area contributed by atoms with Crippen LogP contribution in [0.15, 0.2) is 70.2 Å². The Labute approximate surface area is 250 Å². The smallest absolute Gasteiger partial charge is 0.371 e. The molecule has 2 heterocycles. The highest BCUT2D eigenvalue weighted by atomic mass is 16.4. The van der Waals surface area contributed by atoms with E-state index in [9.17, 15) is 19.2 Å². The maximum Gasteiger partial charge on any atom is 0.371 e. The SMILES string of the molecule is CC(C)(C)C(=O)CN1C(=O)N(CC(=O)Nc2cccc(-c3ccc(C(=O)O)o3)c2)N=C(C2CCCCC2)c2ccccc21. The van der Waals surface area contributed by atoms with Crippen molar-refractivity contribution in [1.29, 1.82) is 0 Å². The van der Waals surface area contributed by atoms with Crippen molar-refractivity contribution in [3.63, 3.8) is 0 Å². The maximum atomic E-state index is 14.0. The van der Waals surface area contributed by atoms with E-state index in [0.717, 1.165) is 43.4 Å². The van der Waals surface area contributed by atoms with Crippen molar-refractivity contribution in [3.8, 4) is 11.3 Å². The number of urea groups is 1. The van der Waals surface area contributed by atoms with E-state index in [1.807, 2.05) is 45.0 Å². The van der Waals surface area contributed by atoms with Crippen molar-refractivity contribution in [2.75, 3.05) is 23.3 Å². The lowest BCUT2D eigenvalue weighted by Crippen LogP contribution is -2.47. The standard InChI is InChI=1S/C33H36N4O6/c1-33(2,3)28(38)19-36-25-15-8-7-14-24(25)30(21-10-5-4-6-11-21)35-37(32(36)42)20-29(39)34-23-13-9-12-22(18-23)26-16-17-27(43-26)31(40)41/h7-9,12-18,21H,4-6,10-11,19-20H2,1-3H3,(H,34,39)(H,40,41). The molecule has 0 unspecified atom stereocenters. The first kappa shape index (κ1) is 29.8. The lowest BCUT2D eigenvalue weighted by molar-refractivity contribution is -0.124. The lowest BCUT2D eigenvalue weighted by Gasteiger charge is -2.28. The summed E-state index contributed by atoms with van der Waals surface area (Å²) in [5.74, 6) is -1.47. The van der Waals surface area contributed by atoms with Crippen molar-refractivity contribution in [1.82, 2.24) is 5.01 Å². The van der Waals surface area contributed by atoms with Crippen LogP contribution in [0.4, 0.5) is 16.2 Å². The summed E-state index contributed by atoms with van der Waals surface area (Å²) < 4.78 is 5.39. The molecule has 1 aliphatic carbocycles. The Kier molecular flexibility index (Phi) is 8.47. The molecule has 5 rings (SSSR count). The Morgan fingerprint density at radius 1 is 0.977 bits per heavy atom. The third-order valence-electron chi connectivity index (χ3n) is 7.82. The number of nitrogens with zero attached hydrogens (tertiary/aromatic N) is 3. The fourth-order valence-corrected chi connectivity index (χ4v) is 5.40. The first-order valence-corrected chi connectivity index (χ1v) is 14.5. The monoisotopic (exact) mass is 584 g/mol. The van der Waals surface area contributed by atoms with E-state index in [-0.39, 0.29) is 30.6 Å². The lowest BCUT2D eigenvalue weighted by atomic mass is 9.83. The van der Waals surface area contributed by atoms with Crippen LogP contribution >= 0.6 is 0 Å². The van der Waals surface area contributed by atoms with E-state index < -0.39 is 23.3 Å². The molecule has 0 saturated heterocycles. The number of fused-ring (bicyclic) bond motifs is 1. The zero-order valence-electron chi connectivity index (χ0n) is 24.6. The summed E-state index contributed by atoms with van der Waals surface area (Å²) in [7, 11) is 0. The van der Waals surface area contributed by atoms with Crippen molar-refractivity contribution in [2.24, 2.45) is 16.4 Å². The number of nitrogens with one attached hydrogen (secondary N) is 1. The van der Waals surface area contributed by atoms with Crippen molar-refractivity contribution >= 4 is 40.8 Å². The van der Waals surface area contributed by atoms with Gasteiger partial charge in [0.15, 0.2) is 5.78 Å². The normalized spacial score (nSPS) is 15.9. The van der Waals surface area contributed by atoms with Gasteiger partial charge in [-0.15, -0.1) is 0 Å². The summed E-state index contributed by atoms with van der Waals surface area (Å²) in [6, 6.07) is 16.7. The number of rotatable bonds is 8. The molecule has 0 bridgehead atoms. The van der Waals surface area contributed by atoms with Crippen LogP contribution in [0.25, 0.3) is 11.3 Å². The number of benzene rings is 2. The van der Waals surface area contributed by atoms with Gasteiger partial charge in [0.1, 0.15) is 12.3 Å². The van der Waals surface area contributed by atoms with Gasteiger partial charge in [0.25, 0.3) is 0 Å². The van der Waals surface area contributed by atoms with Crippen LogP contribution in [-0.4, -0.2) is 52.6 Å². The van der Waals surface area contributed by atoms with Crippen LogP contribution < -0.4 is 10.2 Å². The number of anilines is 2. The van der Waals surface area contributed by atoms with E-state index in [1.54, 1.807) is 30.3 Å². The number of carbonyl (C=O) groups excluding carboxylic acids is 3. The number of amides is 3. The average molecular weight is 585 g/mol. The topological polar surface area (TPSA) is 133 Å². The molecule has 1 saturated carbocycles. The number of carboxylic acid groups (broad SMARTS) is 1. The van der Waals surface area contributed by atoms with Crippen LogP contribution in [0.2, 0.25) is 0 Å². The molecule has 0 radical (unpaired) electrons. The van der Waals surface area contributed by atoms with Gasteiger partial charge in [0.05, 0.1) is 17.9 Å². The summed E-state index contributed by atoms with van der Waals surface area (Å²) >= 11 is 0. The van der Waals surface area contributed by atoms with Gasteiger partial charge in [-0.05, 0) is 43.2 Å². The van der Waals surface area contributed by atoms with Crippen LogP contribution in [0.5, 0.6) is 0 Å². The van der Waals surface area contributed by atoms with Crippen LogP contribution in [-0.2, 0) is 9.59 Å². The molecule has 2 N–H and O–H groups in total. The first-order valence-electron chi connectivity index (χ1n) is 14.5. The third-order valence-corrected chi connectivity index (χ3v) is 7.82. The molecule has 43 heavy (non-hydrogen) atoms. The van der Waals surface area contributed by atoms with E-state index in [0.29, 0.717) is 22.7 Å². The van der Waals surface area contributed by atoms with Gasteiger partial charge in [0.2, 0.25) is 11.7 Å². The number of ketones is 1. The molecule has 10 nitrogen and oxygen atoms in total. The molecule has 10 heteroatoms. The average Bonchev–Trinajstić information content (AvgIpc) is 3.45. The van der Waals surface area contributed by atoms with Crippen molar-refractivity contribution in [3.05, 3.63) is 72.0 Å². The second-order valence-electron chi connectivity index (χ2n) is 12.0. The van der Waals surface area contributed by atoms with Gasteiger partial charge in [0, 0.05) is 28.1 Å². The number of carbonyl (C=O) groups is 4. The molecule has 224 valence electrons. The van der Waals surface area contributed by atoms with Gasteiger partial charge in [-0.3, -0.25) is 14.5 Å². The second kappa shape index (κ2) is 12.2. The Bertz CT molecular complexity index is 1580. The van der Waals surface area contributed by atoms with E-state index in [4.69, 9.17) is 14.6 Å². The number of hydrazone groups is 1. The van der Waals surface area contributed by atoms with Gasteiger partial charge < -0.3 is 14.8 Å². The minimum absolute atomic E-state index is 0.109. The van der Waals surface area contributed by atoms with E-state index >= 15 is 0 Å². The first-order chi connectivity index (χ1) is 20.5. The molecular formula is C33H36N4O6. The molecule has 2 aromatic carbocycles. The number of aromatic carboxylic acids is 1. The summed E-state index contributed by atoms with van der Waals surface area (Å²) in [5, 5.41) is 18.0. The molecule has 1 aliphatic heterocycles. The highest BCUT2D eigenvalue weighted by Crippen LogP contribution is 2.34. The Morgan fingerprint density at radius 3 is 2.42 bits per heavy atom. The molecule has 0 atom stereocenters. The summed E-state index contributed by atoms with van der Waals surface area (Å²) in [6.45, 7) is 4.94. The number of hydrogen-bond acceptors (Lipinski definition) is 6. The van der Waals surface area contributed by atoms with Crippen LogP contribution in [0.1, 0.15) is 69.0 Å². The predicted molar refractivity (Wildman–Crippen MR) is 163 cm³/mol. The second-order valence-corrected chi connectivity index (χ2v) is 12.0. The molecule has 3 amide bonds. The Hall–Kier alpha value is -4.73. The number of furan rings is 1. The van der Waals surface area contributed by atoms with Crippen LogP contribution in [0, 0.1) is 11.3 Å². The number of carboxylic acids is 1. The zero-order valence-corrected chi connectivity index (χ0v) is 24.6. The highest BCUT2D eigenvalue weighted by Gasteiger charge is 2.36. The minimum atomic E-state index is -1.17. The van der Waals surface area contributed by atoms with Crippen molar-refractivity contribution < 1.29 is 28.7 Å². The van der Waals surface area contributed by atoms with Crippen molar-refractivity contribution in [2.45, 2.75) is 52.9 Å². The zero-order chi connectivity index (χ0) is 30.7. The summed E-state index contributed by atoms with van der Waals surface area (Å²) in [5.41, 5.74) is 2.54. The minimum Gasteiger partial charge on any atom is -0.475 e. The molecular weight excluding hydrogens is 548 g/mol. The van der Waals surface area contributed by atoms with Gasteiger partial charge in [-0.2, -0.15) is 5.10 Å². The number of hydrogen-bond donors (Lipinski definition) is 2. The molecule has 1 aromatic heterocycles. The third kappa shape index (κ3) is 6.69. The quantitative estimate of drug-likeness (QED) is 0.314. The molecule has 0 spiro atoms. The fraction of sp³-hybridized carbons (Fsp3) is 0.364. The van der Waals surface area contributed by atoms with Gasteiger partial charge in [-0.25, -0.2) is 14.6 Å². The van der Waals surface area contributed by atoms with E-state index in [1.165, 1.54) is 16.0 Å². The van der Waals surface area contributed by atoms with Gasteiger partial charge >= 0.3 is 12.0 Å². The highest BCUT2D eigenvalue weighted by molar-refractivity contribution is 6.13. The summed E-state index contributed by atoms with van der Waals surface area (Å²) in [6.07, 6.45) is 5.15.